The molecule has 23 heavy (non-hydrogen) atoms. The van der Waals surface area contributed by atoms with Gasteiger partial charge < -0.3 is 9.47 Å². The van der Waals surface area contributed by atoms with Gasteiger partial charge in [0.2, 0.25) is 0 Å². The van der Waals surface area contributed by atoms with Gasteiger partial charge in [0, 0.05) is 11.6 Å². The van der Waals surface area contributed by atoms with Gasteiger partial charge in [-0.3, -0.25) is 15.5 Å². The first-order valence-electron chi connectivity index (χ1n) is 7.09. The molecule has 2 aromatic rings. The monoisotopic (exact) mass is 313 g/mol. The van der Waals surface area contributed by atoms with Crippen molar-refractivity contribution in [1.29, 1.82) is 0 Å². The molecule has 0 spiro atoms. The van der Waals surface area contributed by atoms with Gasteiger partial charge in [-0.2, -0.15) is 5.10 Å². The smallest absolute Gasteiger partial charge is 0.294 e. The van der Waals surface area contributed by atoms with Gasteiger partial charge in [-0.05, 0) is 31.2 Å². The molecule has 0 saturated heterocycles. The highest BCUT2D eigenvalue weighted by Gasteiger charge is 2.14. The van der Waals surface area contributed by atoms with Crippen LogP contribution in [-0.4, -0.2) is 23.8 Å². The van der Waals surface area contributed by atoms with Crippen molar-refractivity contribution < 1.29 is 14.4 Å². The van der Waals surface area contributed by atoms with E-state index in [1.807, 2.05) is 25.1 Å². The van der Waals surface area contributed by atoms with Crippen LogP contribution in [0.25, 0.3) is 0 Å². The molecule has 0 saturated carbocycles. The van der Waals surface area contributed by atoms with Gasteiger partial charge in [0.25, 0.3) is 5.69 Å². The molecule has 0 bridgehead atoms. The topological polar surface area (TPSA) is 86.0 Å². The Hall–Kier alpha value is -3.09. The van der Waals surface area contributed by atoms with Gasteiger partial charge in [0.15, 0.2) is 11.5 Å². The lowest BCUT2D eigenvalue weighted by Crippen LogP contribution is -2.15. The number of nitrogens with zero attached hydrogens (tertiary/aromatic N) is 2. The second-order valence-corrected chi connectivity index (χ2v) is 4.94. The Bertz CT molecular complexity index is 774. The van der Waals surface area contributed by atoms with E-state index in [1.54, 1.807) is 18.2 Å². The molecule has 7 nitrogen and oxygen atoms in total. The van der Waals surface area contributed by atoms with Gasteiger partial charge in [-0.15, -0.1) is 0 Å². The summed E-state index contributed by atoms with van der Waals surface area (Å²) in [4.78, 5) is 10.5. The van der Waals surface area contributed by atoms with Crippen molar-refractivity contribution in [3.63, 3.8) is 0 Å². The third kappa shape index (κ3) is 3.23. The third-order valence-corrected chi connectivity index (χ3v) is 3.40. The Morgan fingerprint density at radius 1 is 1.17 bits per heavy atom. The molecular formula is C16H15N3O4. The molecule has 1 aliphatic rings. The minimum Gasteiger partial charge on any atom is -0.486 e. The molecule has 0 amide bonds. The van der Waals surface area contributed by atoms with Crippen molar-refractivity contribution in [2.24, 2.45) is 5.10 Å². The predicted molar refractivity (Wildman–Crippen MR) is 86.4 cm³/mol. The fourth-order valence-corrected chi connectivity index (χ4v) is 2.20. The van der Waals surface area contributed by atoms with Crippen molar-refractivity contribution in [2.75, 3.05) is 18.6 Å². The number of rotatable bonds is 4. The lowest BCUT2D eigenvalue weighted by Gasteiger charge is -2.18. The number of nitro groups is 1. The summed E-state index contributed by atoms with van der Waals surface area (Å²) in [5.41, 5.74) is 4.60. The van der Waals surface area contributed by atoms with E-state index in [2.05, 4.69) is 10.5 Å². The van der Waals surface area contributed by atoms with Gasteiger partial charge in [-0.25, -0.2) is 0 Å². The molecule has 0 radical (unpaired) electrons. The van der Waals surface area contributed by atoms with Crippen LogP contribution in [0.3, 0.4) is 0 Å². The number of para-hydroxylation sites is 2. The van der Waals surface area contributed by atoms with E-state index in [4.69, 9.17) is 9.47 Å². The summed E-state index contributed by atoms with van der Waals surface area (Å²) in [5, 5.41) is 15.2. The van der Waals surface area contributed by atoms with E-state index in [9.17, 15) is 10.1 Å². The Morgan fingerprint density at radius 2 is 1.91 bits per heavy atom. The van der Waals surface area contributed by atoms with Crippen LogP contribution in [0.2, 0.25) is 0 Å². The predicted octanol–water partition coefficient (Wildman–Crippen LogP) is 3.20. The normalized spacial score (nSPS) is 13.5. The van der Waals surface area contributed by atoms with E-state index in [0.29, 0.717) is 36.1 Å². The fraction of sp³-hybridized carbons (Fsp3) is 0.188. The molecule has 3 rings (SSSR count). The number of nitrogens with one attached hydrogen (secondary N) is 1. The zero-order chi connectivity index (χ0) is 16.2. The number of hydrazone groups is 1. The second-order valence-electron chi connectivity index (χ2n) is 4.94. The lowest BCUT2D eigenvalue weighted by molar-refractivity contribution is -0.384. The molecule has 118 valence electrons. The first-order valence-corrected chi connectivity index (χ1v) is 7.09. The van der Waals surface area contributed by atoms with Crippen molar-refractivity contribution in [2.45, 2.75) is 6.92 Å². The fourth-order valence-electron chi connectivity index (χ4n) is 2.20. The molecule has 1 heterocycles. The zero-order valence-corrected chi connectivity index (χ0v) is 12.5. The Morgan fingerprint density at radius 3 is 2.70 bits per heavy atom. The average Bonchev–Trinajstić information content (AvgIpc) is 2.59. The van der Waals surface area contributed by atoms with Crippen LogP contribution in [0, 0.1) is 10.1 Å². The molecule has 2 aromatic carbocycles. The molecule has 0 unspecified atom stereocenters. The molecule has 0 aliphatic carbocycles. The van der Waals surface area contributed by atoms with Crippen LogP contribution in [0.15, 0.2) is 47.6 Å². The number of hydrogen-bond donors (Lipinski definition) is 1. The maximum Gasteiger partial charge on any atom is 0.294 e. The molecule has 1 N–H and O–H groups in total. The van der Waals surface area contributed by atoms with Crippen LogP contribution in [0.1, 0.15) is 12.5 Å². The Labute approximate surface area is 132 Å². The van der Waals surface area contributed by atoms with E-state index < -0.39 is 4.92 Å². The summed E-state index contributed by atoms with van der Waals surface area (Å²) in [6.45, 7) is 2.87. The number of hydrogen-bond acceptors (Lipinski definition) is 6. The molecule has 1 aliphatic heterocycles. The first-order chi connectivity index (χ1) is 11.1. The number of nitro benzene ring substituents is 1. The number of fused-ring (bicyclic) bond motifs is 1. The van der Waals surface area contributed by atoms with E-state index in [0.717, 1.165) is 5.56 Å². The summed E-state index contributed by atoms with van der Waals surface area (Å²) in [5.74, 6) is 1.38. The number of anilines is 1. The quantitative estimate of drug-likeness (QED) is 0.532. The second kappa shape index (κ2) is 6.35. The van der Waals surface area contributed by atoms with Gasteiger partial charge in [0.05, 0.1) is 10.6 Å². The summed E-state index contributed by atoms with van der Waals surface area (Å²) in [7, 11) is 0. The number of benzene rings is 2. The van der Waals surface area contributed by atoms with E-state index >= 15 is 0 Å². The summed E-state index contributed by atoms with van der Waals surface area (Å²) in [6.07, 6.45) is 0. The van der Waals surface area contributed by atoms with Gasteiger partial charge >= 0.3 is 0 Å². The summed E-state index contributed by atoms with van der Waals surface area (Å²) >= 11 is 0. The van der Waals surface area contributed by atoms with Crippen LogP contribution < -0.4 is 14.9 Å². The standard InChI is InChI=1S/C16H15N3O4/c1-11(12-6-7-15-16(10-12)23-9-8-22-15)17-18-13-4-2-3-5-14(13)19(20)21/h2-7,10,18H,8-9H2,1H3/b17-11-. The summed E-state index contributed by atoms with van der Waals surface area (Å²) in [6, 6.07) is 11.9. The van der Waals surface area contributed by atoms with Crippen molar-refractivity contribution in [1.82, 2.24) is 0 Å². The van der Waals surface area contributed by atoms with Crippen molar-refractivity contribution in [3.05, 3.63) is 58.1 Å². The van der Waals surface area contributed by atoms with Crippen LogP contribution in [0.4, 0.5) is 11.4 Å². The SMILES string of the molecule is C/C(=N/Nc1ccccc1[N+](=O)[O-])c1ccc2c(c1)OCCO2. The maximum atomic E-state index is 11.0. The molecule has 0 aromatic heterocycles. The highest BCUT2D eigenvalue weighted by atomic mass is 16.6. The van der Waals surface area contributed by atoms with E-state index in [1.165, 1.54) is 6.07 Å². The van der Waals surface area contributed by atoms with Crippen LogP contribution in [-0.2, 0) is 0 Å². The van der Waals surface area contributed by atoms with Crippen molar-refractivity contribution >= 4 is 17.1 Å². The van der Waals surface area contributed by atoms with Crippen LogP contribution >= 0.6 is 0 Å². The largest absolute Gasteiger partial charge is 0.486 e. The third-order valence-electron chi connectivity index (χ3n) is 3.40. The minimum atomic E-state index is -0.447. The molecule has 0 atom stereocenters. The summed E-state index contributed by atoms with van der Waals surface area (Å²) < 4.78 is 11.0. The van der Waals surface area contributed by atoms with E-state index in [-0.39, 0.29) is 5.69 Å². The highest BCUT2D eigenvalue weighted by molar-refractivity contribution is 5.99. The number of ether oxygens (including phenoxy) is 2. The average molecular weight is 313 g/mol. The Balaban J connectivity index is 1.82. The van der Waals surface area contributed by atoms with Gasteiger partial charge in [-0.1, -0.05) is 12.1 Å². The highest BCUT2D eigenvalue weighted by Crippen LogP contribution is 2.31. The van der Waals surface area contributed by atoms with Crippen LogP contribution in [0.5, 0.6) is 11.5 Å². The maximum absolute atomic E-state index is 11.0. The molecular weight excluding hydrogens is 298 g/mol. The van der Waals surface area contributed by atoms with Crippen molar-refractivity contribution in [3.8, 4) is 11.5 Å². The molecule has 7 heteroatoms. The first kappa shape index (κ1) is 14.8. The lowest BCUT2D eigenvalue weighted by atomic mass is 10.1. The zero-order valence-electron chi connectivity index (χ0n) is 12.5. The Kier molecular flexibility index (Phi) is 4.09. The van der Waals surface area contributed by atoms with Gasteiger partial charge in [0.1, 0.15) is 18.9 Å². The minimum absolute atomic E-state index is 0.0220. The molecule has 0 fully saturated rings.